The highest BCUT2D eigenvalue weighted by molar-refractivity contribution is 7.90. The van der Waals surface area contributed by atoms with Crippen molar-refractivity contribution in [3.8, 4) is 0 Å². The topological polar surface area (TPSA) is 84.2 Å². The summed E-state index contributed by atoms with van der Waals surface area (Å²) < 4.78 is 23.9. The van der Waals surface area contributed by atoms with E-state index in [-0.39, 0.29) is 4.90 Å². The molecule has 1 unspecified atom stereocenters. The van der Waals surface area contributed by atoms with Crippen LogP contribution in [0.3, 0.4) is 0 Å². The van der Waals surface area contributed by atoms with E-state index in [1.807, 2.05) is 0 Å². The molecule has 0 radical (unpaired) electrons. The number of rotatable bonds is 3. The number of nitrogens with one attached hydrogen (secondary N) is 1. The molecule has 16 heavy (non-hydrogen) atoms. The van der Waals surface area contributed by atoms with Gasteiger partial charge < -0.3 is 10.4 Å². The van der Waals surface area contributed by atoms with Gasteiger partial charge in [0.25, 0.3) is 0 Å². The summed E-state index contributed by atoms with van der Waals surface area (Å²) >= 11 is 0. The molecular weight excluding hydrogens is 230 g/mol. The Morgan fingerprint density at radius 3 is 2.94 bits per heavy atom. The summed E-state index contributed by atoms with van der Waals surface area (Å²) in [5.74, 6) is 0. The molecule has 6 nitrogen and oxygen atoms in total. The molecule has 90 valence electrons. The molecule has 0 saturated carbocycles. The summed E-state index contributed by atoms with van der Waals surface area (Å²) in [4.78, 5) is 0.182. The van der Waals surface area contributed by atoms with E-state index in [0.29, 0.717) is 19.5 Å². The molecule has 1 fully saturated rings. The molecule has 2 heterocycles. The molecule has 2 N–H and O–H groups in total. The fraction of sp³-hybridized carbons (Fsp3) is 0.667. The highest BCUT2D eigenvalue weighted by Gasteiger charge is 2.31. The minimum absolute atomic E-state index is 0.182. The lowest BCUT2D eigenvalue weighted by Crippen LogP contribution is -2.36. The van der Waals surface area contributed by atoms with Gasteiger partial charge in [0.1, 0.15) is 4.90 Å². The molecule has 1 atom stereocenters. The molecule has 1 saturated heterocycles. The minimum atomic E-state index is -3.22. The van der Waals surface area contributed by atoms with Crippen LogP contribution < -0.4 is 5.32 Å². The van der Waals surface area contributed by atoms with E-state index in [0.717, 1.165) is 12.8 Å². The van der Waals surface area contributed by atoms with Crippen molar-refractivity contribution < 1.29 is 13.5 Å². The molecule has 0 aliphatic carbocycles. The third kappa shape index (κ3) is 2.42. The highest BCUT2D eigenvalue weighted by Crippen LogP contribution is 2.17. The van der Waals surface area contributed by atoms with E-state index in [1.54, 1.807) is 0 Å². The Hall–Kier alpha value is -0.920. The molecule has 2 rings (SSSR count). The second-order valence-electron chi connectivity index (χ2n) is 4.30. The van der Waals surface area contributed by atoms with Crippen LogP contribution in [0.4, 0.5) is 0 Å². The van der Waals surface area contributed by atoms with Gasteiger partial charge in [-0.1, -0.05) is 0 Å². The summed E-state index contributed by atoms with van der Waals surface area (Å²) in [6.45, 7) is 1.60. The molecule has 1 aliphatic heterocycles. The molecule has 1 aliphatic rings. The maximum absolute atomic E-state index is 11.2. The molecule has 0 spiro atoms. The van der Waals surface area contributed by atoms with Gasteiger partial charge in [0.15, 0.2) is 9.84 Å². The van der Waals surface area contributed by atoms with Crippen LogP contribution in [0.25, 0.3) is 0 Å². The number of sulfone groups is 1. The van der Waals surface area contributed by atoms with Gasteiger partial charge in [-0.05, 0) is 13.0 Å². The summed E-state index contributed by atoms with van der Waals surface area (Å²) in [6.07, 6.45) is 4.55. The van der Waals surface area contributed by atoms with Crippen LogP contribution in [0.5, 0.6) is 0 Å². The van der Waals surface area contributed by atoms with E-state index in [4.69, 9.17) is 0 Å². The number of aliphatic hydroxyl groups is 1. The lowest BCUT2D eigenvalue weighted by molar-refractivity contribution is 0.0396. The second-order valence-corrected chi connectivity index (χ2v) is 6.31. The average Bonchev–Trinajstić information content (AvgIpc) is 2.74. The largest absolute Gasteiger partial charge is 0.387 e. The van der Waals surface area contributed by atoms with E-state index >= 15 is 0 Å². The van der Waals surface area contributed by atoms with Crippen LogP contribution in [0.2, 0.25) is 0 Å². The normalized spacial score (nSPS) is 26.1. The van der Waals surface area contributed by atoms with Gasteiger partial charge in [0, 0.05) is 19.0 Å². The predicted molar refractivity (Wildman–Crippen MR) is 57.8 cm³/mol. The highest BCUT2D eigenvalue weighted by atomic mass is 32.2. The van der Waals surface area contributed by atoms with Crippen molar-refractivity contribution in [3.63, 3.8) is 0 Å². The van der Waals surface area contributed by atoms with Gasteiger partial charge >= 0.3 is 0 Å². The van der Waals surface area contributed by atoms with Gasteiger partial charge in [0.2, 0.25) is 0 Å². The van der Waals surface area contributed by atoms with Gasteiger partial charge in [-0.2, -0.15) is 5.10 Å². The number of nitrogens with zero attached hydrogens (tertiary/aromatic N) is 2. The molecule has 1 aromatic heterocycles. The Morgan fingerprint density at radius 1 is 1.69 bits per heavy atom. The molecular formula is C9H15N3O3S. The van der Waals surface area contributed by atoms with Gasteiger partial charge in [-0.15, -0.1) is 0 Å². The maximum atomic E-state index is 11.2. The Labute approximate surface area is 94.2 Å². The van der Waals surface area contributed by atoms with Crippen LogP contribution in [0.1, 0.15) is 6.42 Å². The maximum Gasteiger partial charge on any atom is 0.178 e. The molecule has 0 bridgehead atoms. The lowest BCUT2D eigenvalue weighted by atomic mass is 10.0. The SMILES string of the molecule is CS(=O)(=O)c1cnn(CC2(O)CCNC2)c1. The zero-order chi connectivity index (χ0) is 11.8. The first-order valence-electron chi connectivity index (χ1n) is 5.05. The quantitative estimate of drug-likeness (QED) is 0.714. The van der Waals surface area contributed by atoms with E-state index in [2.05, 4.69) is 10.4 Å². The summed E-state index contributed by atoms with van der Waals surface area (Å²) in [7, 11) is -3.22. The first kappa shape index (κ1) is 11.6. The van der Waals surface area contributed by atoms with Gasteiger partial charge in [0.05, 0.1) is 18.3 Å². The molecule has 0 aromatic carbocycles. The Bertz CT molecular complexity index is 474. The number of hydrogen-bond acceptors (Lipinski definition) is 5. The Kier molecular flexibility index (Phi) is 2.77. The zero-order valence-corrected chi connectivity index (χ0v) is 9.87. The van der Waals surface area contributed by atoms with Gasteiger partial charge in [-0.25, -0.2) is 8.42 Å². The average molecular weight is 245 g/mol. The first-order chi connectivity index (χ1) is 7.39. The van der Waals surface area contributed by atoms with Crippen LogP contribution in [-0.2, 0) is 16.4 Å². The summed E-state index contributed by atoms with van der Waals surface area (Å²) in [5, 5.41) is 17.1. The van der Waals surface area contributed by atoms with Crippen LogP contribution in [-0.4, -0.2) is 48.3 Å². The lowest BCUT2D eigenvalue weighted by Gasteiger charge is -2.20. The van der Waals surface area contributed by atoms with Gasteiger partial charge in [-0.3, -0.25) is 4.68 Å². The summed E-state index contributed by atoms with van der Waals surface area (Å²) in [5.41, 5.74) is -0.819. The number of β-amino-alcohol motifs (C(OH)–C–C–N with tert-alkyl or cyclic N) is 1. The van der Waals surface area contributed by atoms with Crippen molar-refractivity contribution in [2.24, 2.45) is 0 Å². The van der Waals surface area contributed by atoms with Crippen molar-refractivity contribution in [1.82, 2.24) is 15.1 Å². The van der Waals surface area contributed by atoms with Crippen molar-refractivity contribution in [1.29, 1.82) is 0 Å². The van der Waals surface area contributed by atoms with Crippen LogP contribution in [0, 0.1) is 0 Å². The van der Waals surface area contributed by atoms with E-state index in [1.165, 1.54) is 17.1 Å². The summed E-state index contributed by atoms with van der Waals surface area (Å²) in [6, 6.07) is 0. The second kappa shape index (κ2) is 3.83. The third-order valence-corrected chi connectivity index (χ3v) is 3.78. The fourth-order valence-electron chi connectivity index (χ4n) is 1.79. The van der Waals surface area contributed by atoms with Crippen molar-refractivity contribution in [3.05, 3.63) is 12.4 Å². The predicted octanol–water partition coefficient (Wildman–Crippen LogP) is -0.989. The van der Waals surface area contributed by atoms with E-state index in [9.17, 15) is 13.5 Å². The smallest absolute Gasteiger partial charge is 0.178 e. The molecule has 7 heteroatoms. The first-order valence-corrected chi connectivity index (χ1v) is 6.94. The van der Waals surface area contributed by atoms with Crippen molar-refractivity contribution >= 4 is 9.84 Å². The molecule has 0 amide bonds. The minimum Gasteiger partial charge on any atom is -0.387 e. The fourth-order valence-corrected chi connectivity index (χ4v) is 2.34. The Morgan fingerprint density at radius 2 is 2.44 bits per heavy atom. The van der Waals surface area contributed by atoms with E-state index < -0.39 is 15.4 Å². The third-order valence-electron chi connectivity index (χ3n) is 2.72. The van der Waals surface area contributed by atoms with Crippen molar-refractivity contribution in [2.45, 2.75) is 23.5 Å². The monoisotopic (exact) mass is 245 g/mol. The standard InChI is InChI=1S/C9H15N3O3S/c1-16(14,15)8-4-11-12(5-8)7-9(13)2-3-10-6-9/h4-5,10,13H,2-3,6-7H2,1H3. The van der Waals surface area contributed by atoms with Crippen LogP contribution >= 0.6 is 0 Å². The number of hydrogen-bond donors (Lipinski definition) is 2. The zero-order valence-electron chi connectivity index (χ0n) is 9.05. The van der Waals surface area contributed by atoms with Crippen molar-refractivity contribution in [2.75, 3.05) is 19.3 Å². The Balaban J connectivity index is 2.14. The molecule has 1 aromatic rings. The van der Waals surface area contributed by atoms with Crippen LogP contribution in [0.15, 0.2) is 17.3 Å². The number of aromatic nitrogens is 2.